The first-order valence-corrected chi connectivity index (χ1v) is 7.85. The smallest absolute Gasteiger partial charge is 0.222 e. The zero-order valence-corrected chi connectivity index (χ0v) is 13.3. The molecule has 2 heterocycles. The number of piperazine rings is 1. The number of nitrogens with one attached hydrogen (secondary N) is 1. The molecular weight excluding hydrogens is 288 g/mol. The lowest BCUT2D eigenvalue weighted by atomic mass is 9.84. The van der Waals surface area contributed by atoms with Crippen molar-refractivity contribution in [1.29, 1.82) is 0 Å². The van der Waals surface area contributed by atoms with E-state index in [0.29, 0.717) is 6.42 Å². The Labute approximate surface area is 130 Å². The monoisotopic (exact) mass is 308 g/mol. The fourth-order valence-electron chi connectivity index (χ4n) is 3.22. The minimum absolute atomic E-state index is 0.197. The van der Waals surface area contributed by atoms with Gasteiger partial charge in [0.1, 0.15) is 0 Å². The minimum Gasteiger partial charge on any atom is -0.368 e. The zero-order chi connectivity index (χ0) is 15.0. The highest BCUT2D eigenvalue weighted by Crippen LogP contribution is 2.37. The molecule has 1 N–H and O–H groups in total. The second-order valence-corrected chi connectivity index (χ2v) is 6.48. The Bertz CT molecular complexity index is 546. The molecule has 1 aliphatic carbocycles. The third-order valence-electron chi connectivity index (χ3n) is 4.47. The maximum absolute atomic E-state index is 11.8. The number of hydrogen-bond acceptors (Lipinski definition) is 4. The minimum atomic E-state index is -0.197. The van der Waals surface area contributed by atoms with E-state index in [4.69, 9.17) is 11.6 Å². The van der Waals surface area contributed by atoms with Crippen molar-refractivity contribution >= 4 is 23.7 Å². The summed E-state index contributed by atoms with van der Waals surface area (Å²) in [6, 6.07) is 0. The van der Waals surface area contributed by atoms with E-state index < -0.39 is 0 Å². The van der Waals surface area contributed by atoms with Crippen LogP contribution in [0.15, 0.2) is 27.5 Å². The zero-order valence-electron chi connectivity index (χ0n) is 12.5. The van der Waals surface area contributed by atoms with E-state index in [1.807, 2.05) is 18.0 Å². The maximum atomic E-state index is 11.8. The molecule has 2 aliphatic heterocycles. The van der Waals surface area contributed by atoms with E-state index >= 15 is 0 Å². The average Bonchev–Trinajstić information content (AvgIpc) is 2.86. The Morgan fingerprint density at radius 1 is 1.43 bits per heavy atom. The maximum Gasteiger partial charge on any atom is 0.222 e. The lowest BCUT2D eigenvalue weighted by Crippen LogP contribution is -2.49. The van der Waals surface area contributed by atoms with E-state index in [9.17, 15) is 4.79 Å². The third-order valence-corrected chi connectivity index (χ3v) is 4.71. The molecule has 1 unspecified atom stereocenters. The Morgan fingerprint density at radius 2 is 2.14 bits per heavy atom. The van der Waals surface area contributed by atoms with Crippen LogP contribution in [0, 0.1) is 0 Å². The number of amides is 1. The molecule has 1 fully saturated rings. The quantitative estimate of drug-likeness (QED) is 0.844. The molecule has 0 spiro atoms. The van der Waals surface area contributed by atoms with E-state index in [-0.39, 0.29) is 11.4 Å². The predicted molar refractivity (Wildman–Crippen MR) is 84.1 cm³/mol. The van der Waals surface area contributed by atoms with Gasteiger partial charge in [0.05, 0.1) is 11.8 Å². The molecule has 0 aromatic heterocycles. The summed E-state index contributed by atoms with van der Waals surface area (Å²) in [5, 5.41) is 5.07. The largest absolute Gasteiger partial charge is 0.368 e. The summed E-state index contributed by atoms with van der Waals surface area (Å²) >= 11 is 6.33. The number of carbonyl (C=O) groups is 1. The first-order chi connectivity index (χ1) is 10.0. The number of allylic oxidation sites excluding steroid dienone is 1. The highest BCUT2D eigenvalue weighted by atomic mass is 35.5. The second kappa shape index (κ2) is 5.37. The first-order valence-electron chi connectivity index (χ1n) is 7.47. The van der Waals surface area contributed by atoms with Gasteiger partial charge in [-0.1, -0.05) is 18.5 Å². The Morgan fingerprint density at radius 3 is 2.81 bits per heavy atom. The third kappa shape index (κ3) is 2.55. The number of rotatable bonds is 2. The van der Waals surface area contributed by atoms with Crippen molar-refractivity contribution in [3.05, 3.63) is 22.4 Å². The lowest BCUT2D eigenvalue weighted by Gasteiger charge is -2.40. The highest BCUT2D eigenvalue weighted by molar-refractivity contribution is 6.30. The summed E-state index contributed by atoms with van der Waals surface area (Å²) in [4.78, 5) is 16.0. The van der Waals surface area contributed by atoms with Gasteiger partial charge in [-0.2, -0.15) is 5.10 Å². The molecule has 1 atom stereocenters. The fraction of sp³-hybridized carbons (Fsp3) is 0.600. The van der Waals surface area contributed by atoms with Gasteiger partial charge in [0, 0.05) is 55.3 Å². The predicted octanol–water partition coefficient (Wildman–Crippen LogP) is 1.67. The molecule has 0 aromatic carbocycles. The second-order valence-electron chi connectivity index (χ2n) is 5.99. The Balaban J connectivity index is 1.80. The van der Waals surface area contributed by atoms with Gasteiger partial charge in [0.2, 0.25) is 5.91 Å². The van der Waals surface area contributed by atoms with Crippen molar-refractivity contribution in [2.45, 2.75) is 32.2 Å². The number of hydrazone groups is 1. The summed E-state index contributed by atoms with van der Waals surface area (Å²) < 4.78 is 0. The van der Waals surface area contributed by atoms with Crippen LogP contribution in [-0.4, -0.2) is 53.6 Å². The molecule has 0 saturated carbocycles. The SMILES string of the molecule is CCC(=O)N1CCN(C2=C3C=NNC3(C)CC(Cl)=C2)CC1. The van der Waals surface area contributed by atoms with Crippen LogP contribution in [0.25, 0.3) is 0 Å². The van der Waals surface area contributed by atoms with Gasteiger partial charge >= 0.3 is 0 Å². The highest BCUT2D eigenvalue weighted by Gasteiger charge is 2.38. The van der Waals surface area contributed by atoms with Crippen LogP contribution in [0.5, 0.6) is 0 Å². The molecule has 5 nitrogen and oxygen atoms in total. The summed E-state index contributed by atoms with van der Waals surface area (Å²) in [7, 11) is 0. The van der Waals surface area contributed by atoms with Crippen LogP contribution in [0.2, 0.25) is 0 Å². The van der Waals surface area contributed by atoms with Crippen LogP contribution < -0.4 is 5.43 Å². The summed E-state index contributed by atoms with van der Waals surface area (Å²) in [6.07, 6.45) is 5.30. The topological polar surface area (TPSA) is 47.9 Å². The molecule has 1 amide bonds. The van der Waals surface area contributed by atoms with Gasteiger partial charge in [-0.3, -0.25) is 10.2 Å². The molecule has 3 aliphatic rings. The molecule has 3 rings (SSSR count). The average molecular weight is 309 g/mol. The van der Waals surface area contributed by atoms with Crippen molar-refractivity contribution in [2.24, 2.45) is 5.10 Å². The number of hydrogen-bond donors (Lipinski definition) is 1. The van der Waals surface area contributed by atoms with Crippen LogP contribution in [-0.2, 0) is 4.79 Å². The lowest BCUT2D eigenvalue weighted by molar-refractivity contribution is -0.132. The molecule has 0 aromatic rings. The van der Waals surface area contributed by atoms with E-state index in [1.165, 1.54) is 5.57 Å². The first kappa shape index (κ1) is 14.4. The summed E-state index contributed by atoms with van der Waals surface area (Å²) in [5.41, 5.74) is 5.31. The number of fused-ring (bicyclic) bond motifs is 1. The van der Waals surface area contributed by atoms with Gasteiger partial charge in [-0.05, 0) is 13.0 Å². The van der Waals surface area contributed by atoms with Crippen LogP contribution in [0.3, 0.4) is 0 Å². The number of carbonyl (C=O) groups excluding carboxylic acids is 1. The standard InChI is InChI=1S/C15H21ClN4O/c1-3-14(21)20-6-4-19(5-7-20)13-8-11(16)9-15(2)12(13)10-17-18-15/h8,10,18H,3-7,9H2,1-2H3. The van der Waals surface area contributed by atoms with Crippen LogP contribution >= 0.6 is 11.6 Å². The summed E-state index contributed by atoms with van der Waals surface area (Å²) in [5.74, 6) is 0.235. The molecular formula is C15H21ClN4O. The number of halogens is 1. The van der Waals surface area contributed by atoms with Gasteiger partial charge in [0.15, 0.2) is 0 Å². The van der Waals surface area contributed by atoms with Gasteiger partial charge in [-0.25, -0.2) is 0 Å². The van der Waals surface area contributed by atoms with Crippen molar-refractivity contribution < 1.29 is 4.79 Å². The normalized spacial score (nSPS) is 28.4. The van der Waals surface area contributed by atoms with Gasteiger partial charge in [0.25, 0.3) is 0 Å². The van der Waals surface area contributed by atoms with Crippen molar-refractivity contribution in [3.63, 3.8) is 0 Å². The van der Waals surface area contributed by atoms with Gasteiger partial charge < -0.3 is 9.80 Å². The van der Waals surface area contributed by atoms with Crippen LogP contribution in [0.1, 0.15) is 26.7 Å². The van der Waals surface area contributed by atoms with E-state index in [1.54, 1.807) is 0 Å². The van der Waals surface area contributed by atoms with Crippen molar-refractivity contribution in [1.82, 2.24) is 15.2 Å². The fourth-order valence-corrected chi connectivity index (χ4v) is 3.59. The van der Waals surface area contributed by atoms with Crippen molar-refractivity contribution in [3.8, 4) is 0 Å². The molecule has 21 heavy (non-hydrogen) atoms. The molecule has 1 saturated heterocycles. The molecule has 6 heteroatoms. The Hall–Kier alpha value is -1.49. The van der Waals surface area contributed by atoms with E-state index in [0.717, 1.165) is 43.3 Å². The molecule has 0 bridgehead atoms. The molecule has 0 radical (unpaired) electrons. The molecule has 114 valence electrons. The summed E-state index contributed by atoms with van der Waals surface area (Å²) in [6.45, 7) is 7.27. The van der Waals surface area contributed by atoms with Gasteiger partial charge in [-0.15, -0.1) is 0 Å². The van der Waals surface area contributed by atoms with Crippen molar-refractivity contribution in [2.75, 3.05) is 26.2 Å². The number of nitrogens with zero attached hydrogens (tertiary/aromatic N) is 3. The van der Waals surface area contributed by atoms with E-state index in [2.05, 4.69) is 28.4 Å². The van der Waals surface area contributed by atoms with Crippen LogP contribution in [0.4, 0.5) is 0 Å². The Kier molecular flexibility index (Phi) is 3.69.